The molecule has 62 valence electrons. The zero-order valence-corrected chi connectivity index (χ0v) is 6.32. The molecule has 0 heterocycles. The van der Waals surface area contributed by atoms with E-state index in [4.69, 9.17) is 10.4 Å². The maximum atomic E-state index is 8.48. The van der Waals surface area contributed by atoms with E-state index >= 15 is 0 Å². The van der Waals surface area contributed by atoms with E-state index in [0.29, 0.717) is 6.42 Å². The zero-order chi connectivity index (χ0) is 8.10. The first-order valence-electron chi connectivity index (χ1n) is 3.76. The maximum Gasteiger partial charge on any atom is 0.0628 e. The molecular formula is C7H12N2O2. The first-order chi connectivity index (χ1) is 5.36. The predicted octanol–water partition coefficient (Wildman–Crippen LogP) is 1.61. The van der Waals surface area contributed by atoms with Crippen molar-refractivity contribution in [3.8, 4) is 0 Å². The maximum absolute atomic E-state index is 8.48. The van der Waals surface area contributed by atoms with Crippen LogP contribution in [0.1, 0.15) is 32.1 Å². The molecule has 1 aliphatic rings. The average molecular weight is 156 g/mol. The lowest BCUT2D eigenvalue weighted by Crippen LogP contribution is -2.03. The van der Waals surface area contributed by atoms with Crippen LogP contribution in [0.4, 0.5) is 0 Å². The normalized spacial score (nSPS) is 27.3. The Kier molecular flexibility index (Phi) is 2.89. The van der Waals surface area contributed by atoms with Crippen LogP contribution in [0.5, 0.6) is 0 Å². The summed E-state index contributed by atoms with van der Waals surface area (Å²) in [6.45, 7) is 0. The molecule has 0 amide bonds. The molecular weight excluding hydrogens is 144 g/mol. The third-order valence-electron chi connectivity index (χ3n) is 1.87. The molecule has 11 heavy (non-hydrogen) atoms. The van der Waals surface area contributed by atoms with E-state index in [9.17, 15) is 0 Å². The summed E-state index contributed by atoms with van der Waals surface area (Å²) >= 11 is 0. The Bertz CT molecular complexity index is 167. The highest BCUT2D eigenvalue weighted by Crippen LogP contribution is 2.12. The molecule has 0 bridgehead atoms. The van der Waals surface area contributed by atoms with Crippen LogP contribution in [0.2, 0.25) is 0 Å². The van der Waals surface area contributed by atoms with Crippen LogP contribution >= 0.6 is 0 Å². The quantitative estimate of drug-likeness (QED) is 0.318. The highest BCUT2D eigenvalue weighted by Gasteiger charge is 2.11. The molecule has 1 fully saturated rings. The minimum absolute atomic E-state index is 0.521. The van der Waals surface area contributed by atoms with Gasteiger partial charge in [0.05, 0.1) is 11.4 Å². The largest absolute Gasteiger partial charge is 0.411 e. The fraction of sp³-hybridized carbons (Fsp3) is 0.714. The van der Waals surface area contributed by atoms with Crippen LogP contribution in [0.15, 0.2) is 10.3 Å². The molecule has 0 aromatic carbocycles. The zero-order valence-electron chi connectivity index (χ0n) is 6.32. The molecule has 1 rings (SSSR count). The smallest absolute Gasteiger partial charge is 0.0628 e. The van der Waals surface area contributed by atoms with Gasteiger partial charge in [0.25, 0.3) is 0 Å². The van der Waals surface area contributed by atoms with Crippen LogP contribution in [0.3, 0.4) is 0 Å². The van der Waals surface area contributed by atoms with Crippen molar-refractivity contribution < 1.29 is 10.4 Å². The second kappa shape index (κ2) is 3.95. The summed E-state index contributed by atoms with van der Waals surface area (Å²) in [5.74, 6) is 0. The fourth-order valence-corrected chi connectivity index (χ4v) is 1.24. The van der Waals surface area contributed by atoms with Gasteiger partial charge in [-0.25, -0.2) is 0 Å². The average Bonchev–Trinajstić information content (AvgIpc) is 2.28. The van der Waals surface area contributed by atoms with Crippen molar-refractivity contribution in [1.82, 2.24) is 0 Å². The van der Waals surface area contributed by atoms with Gasteiger partial charge in [-0.2, -0.15) is 0 Å². The minimum Gasteiger partial charge on any atom is -0.411 e. The van der Waals surface area contributed by atoms with Gasteiger partial charge in [-0.3, -0.25) is 0 Å². The van der Waals surface area contributed by atoms with Crippen LogP contribution in [0, 0.1) is 0 Å². The number of nitrogens with zero attached hydrogens (tertiary/aromatic N) is 2. The Morgan fingerprint density at radius 3 is 1.73 bits per heavy atom. The molecule has 1 saturated carbocycles. The van der Waals surface area contributed by atoms with Crippen molar-refractivity contribution in [2.24, 2.45) is 10.3 Å². The van der Waals surface area contributed by atoms with Crippen molar-refractivity contribution in [3.63, 3.8) is 0 Å². The van der Waals surface area contributed by atoms with E-state index < -0.39 is 0 Å². The second-order valence-corrected chi connectivity index (χ2v) is 2.72. The standard InChI is InChI=1S/C7H12N2O2/c10-8-6-3-1-2-4-7(5-6)9-11/h10-11H,1-5H2/b8-6+,9-7+. The Morgan fingerprint density at radius 1 is 0.909 bits per heavy atom. The van der Waals surface area contributed by atoms with Gasteiger partial charge in [0.15, 0.2) is 0 Å². The summed E-state index contributed by atoms with van der Waals surface area (Å²) in [5, 5.41) is 23.2. The van der Waals surface area contributed by atoms with Crippen LogP contribution in [-0.4, -0.2) is 21.8 Å². The first-order valence-corrected chi connectivity index (χ1v) is 3.76. The Hall–Kier alpha value is -1.06. The number of hydrogen-bond donors (Lipinski definition) is 2. The van der Waals surface area contributed by atoms with Gasteiger partial charge in [-0.05, 0) is 25.7 Å². The molecule has 0 saturated heterocycles. The second-order valence-electron chi connectivity index (χ2n) is 2.72. The van der Waals surface area contributed by atoms with Crippen molar-refractivity contribution in [3.05, 3.63) is 0 Å². The predicted molar refractivity (Wildman–Crippen MR) is 41.5 cm³/mol. The minimum atomic E-state index is 0.521. The van der Waals surface area contributed by atoms with Gasteiger partial charge in [0, 0.05) is 6.42 Å². The van der Waals surface area contributed by atoms with E-state index in [2.05, 4.69) is 10.3 Å². The molecule has 0 aromatic rings. The van der Waals surface area contributed by atoms with E-state index in [1.54, 1.807) is 0 Å². The van der Waals surface area contributed by atoms with Crippen molar-refractivity contribution in [2.45, 2.75) is 32.1 Å². The monoisotopic (exact) mass is 156 g/mol. The van der Waals surface area contributed by atoms with E-state index in [0.717, 1.165) is 37.1 Å². The highest BCUT2D eigenvalue weighted by atomic mass is 16.4. The van der Waals surface area contributed by atoms with Crippen molar-refractivity contribution in [1.29, 1.82) is 0 Å². The molecule has 2 N–H and O–H groups in total. The lowest BCUT2D eigenvalue weighted by atomic mass is 10.1. The number of rotatable bonds is 0. The summed E-state index contributed by atoms with van der Waals surface area (Å²) in [5.41, 5.74) is 1.44. The first kappa shape index (κ1) is 8.04. The molecule has 0 spiro atoms. The number of oxime groups is 2. The van der Waals surface area contributed by atoms with Crippen molar-refractivity contribution >= 4 is 11.4 Å². The van der Waals surface area contributed by atoms with E-state index in [1.165, 1.54) is 0 Å². The molecule has 0 radical (unpaired) electrons. The Labute approximate surface area is 65.2 Å². The molecule has 0 aromatic heterocycles. The molecule has 4 heteroatoms. The third-order valence-corrected chi connectivity index (χ3v) is 1.87. The highest BCUT2D eigenvalue weighted by molar-refractivity contribution is 6.04. The van der Waals surface area contributed by atoms with Crippen molar-refractivity contribution in [2.75, 3.05) is 0 Å². The van der Waals surface area contributed by atoms with Gasteiger partial charge < -0.3 is 10.4 Å². The topological polar surface area (TPSA) is 65.2 Å². The van der Waals surface area contributed by atoms with E-state index in [1.807, 2.05) is 0 Å². The Balaban J connectivity index is 2.61. The molecule has 0 atom stereocenters. The lowest BCUT2D eigenvalue weighted by molar-refractivity contribution is 0.314. The summed E-state index contributed by atoms with van der Waals surface area (Å²) in [4.78, 5) is 0. The molecule has 1 aliphatic carbocycles. The van der Waals surface area contributed by atoms with Gasteiger partial charge in [-0.15, -0.1) is 0 Å². The van der Waals surface area contributed by atoms with E-state index in [-0.39, 0.29) is 0 Å². The summed E-state index contributed by atoms with van der Waals surface area (Å²) in [6.07, 6.45) is 4.18. The Morgan fingerprint density at radius 2 is 1.36 bits per heavy atom. The van der Waals surface area contributed by atoms with Gasteiger partial charge in [0.2, 0.25) is 0 Å². The third kappa shape index (κ3) is 2.22. The molecule has 0 unspecified atom stereocenters. The fourth-order valence-electron chi connectivity index (χ4n) is 1.24. The molecule has 0 aliphatic heterocycles. The van der Waals surface area contributed by atoms with Gasteiger partial charge >= 0.3 is 0 Å². The van der Waals surface area contributed by atoms with Crippen LogP contribution in [-0.2, 0) is 0 Å². The van der Waals surface area contributed by atoms with Gasteiger partial charge in [0.1, 0.15) is 0 Å². The van der Waals surface area contributed by atoms with Gasteiger partial charge in [-0.1, -0.05) is 10.3 Å². The van der Waals surface area contributed by atoms with Crippen LogP contribution < -0.4 is 0 Å². The number of hydrogen-bond acceptors (Lipinski definition) is 4. The lowest BCUT2D eigenvalue weighted by Gasteiger charge is -1.97. The molecule has 4 nitrogen and oxygen atoms in total. The van der Waals surface area contributed by atoms with Crippen LogP contribution in [0.25, 0.3) is 0 Å². The summed E-state index contributed by atoms with van der Waals surface area (Å²) in [7, 11) is 0. The summed E-state index contributed by atoms with van der Waals surface area (Å²) in [6, 6.07) is 0. The summed E-state index contributed by atoms with van der Waals surface area (Å²) < 4.78 is 0. The SMILES string of the molecule is O/N=C1\CCCC/C(=N\O)C1.